The van der Waals surface area contributed by atoms with Gasteiger partial charge in [0.1, 0.15) is 5.82 Å². The Morgan fingerprint density at radius 1 is 1.11 bits per heavy atom. The molecule has 0 bridgehead atoms. The van der Waals surface area contributed by atoms with Crippen LogP contribution in [0.3, 0.4) is 0 Å². The predicted molar refractivity (Wildman–Crippen MR) is 81.4 cm³/mol. The molecular weight excluding hydrogens is 234 g/mol. The molecule has 1 N–H and O–H groups in total. The molecule has 0 amide bonds. The standard InChI is InChI=1S/C16H23N3/c1-11(2)16(4,5)10-17-15-12(3)18-13-8-6-7-9-14(13)19-15/h6-9,11H,10H2,1-5H3,(H,17,19). The van der Waals surface area contributed by atoms with Crippen LogP contribution in [0.4, 0.5) is 5.82 Å². The Hall–Kier alpha value is -1.64. The van der Waals surface area contributed by atoms with Gasteiger partial charge in [0.25, 0.3) is 0 Å². The summed E-state index contributed by atoms with van der Waals surface area (Å²) in [7, 11) is 0. The Morgan fingerprint density at radius 3 is 2.26 bits per heavy atom. The van der Waals surface area contributed by atoms with E-state index in [1.807, 2.05) is 31.2 Å². The lowest BCUT2D eigenvalue weighted by molar-refractivity contribution is 0.269. The monoisotopic (exact) mass is 257 g/mol. The van der Waals surface area contributed by atoms with Crippen LogP contribution in [0.25, 0.3) is 11.0 Å². The van der Waals surface area contributed by atoms with Gasteiger partial charge in [-0.1, -0.05) is 39.8 Å². The molecule has 1 aromatic heterocycles. The van der Waals surface area contributed by atoms with Gasteiger partial charge in [0.15, 0.2) is 0 Å². The second-order valence-corrected chi connectivity index (χ2v) is 6.14. The smallest absolute Gasteiger partial charge is 0.148 e. The van der Waals surface area contributed by atoms with E-state index in [-0.39, 0.29) is 5.41 Å². The number of fused-ring (bicyclic) bond motifs is 1. The van der Waals surface area contributed by atoms with Gasteiger partial charge in [0.2, 0.25) is 0 Å². The Balaban J connectivity index is 2.23. The molecule has 0 saturated heterocycles. The number of benzene rings is 1. The summed E-state index contributed by atoms with van der Waals surface area (Å²) in [6, 6.07) is 7.98. The zero-order valence-corrected chi connectivity index (χ0v) is 12.5. The van der Waals surface area contributed by atoms with Crippen LogP contribution in [0, 0.1) is 18.3 Å². The van der Waals surface area contributed by atoms with Gasteiger partial charge in [-0.25, -0.2) is 9.97 Å². The highest BCUT2D eigenvalue weighted by atomic mass is 15.0. The summed E-state index contributed by atoms with van der Waals surface area (Å²) in [5.41, 5.74) is 3.09. The third kappa shape index (κ3) is 3.03. The fourth-order valence-corrected chi connectivity index (χ4v) is 1.77. The molecule has 0 aliphatic rings. The van der Waals surface area contributed by atoms with Crippen LogP contribution in [0.1, 0.15) is 33.4 Å². The first-order valence-corrected chi connectivity index (χ1v) is 6.87. The molecule has 3 nitrogen and oxygen atoms in total. The number of aromatic nitrogens is 2. The van der Waals surface area contributed by atoms with E-state index in [0.717, 1.165) is 29.1 Å². The van der Waals surface area contributed by atoms with Crippen molar-refractivity contribution in [2.24, 2.45) is 11.3 Å². The summed E-state index contributed by atoms with van der Waals surface area (Å²) in [4.78, 5) is 9.26. The van der Waals surface area contributed by atoms with Gasteiger partial charge in [-0.2, -0.15) is 0 Å². The van der Waals surface area contributed by atoms with Crippen molar-refractivity contribution in [2.75, 3.05) is 11.9 Å². The number of hydrogen-bond acceptors (Lipinski definition) is 3. The maximum atomic E-state index is 4.66. The Morgan fingerprint density at radius 2 is 1.68 bits per heavy atom. The fourth-order valence-electron chi connectivity index (χ4n) is 1.77. The molecule has 19 heavy (non-hydrogen) atoms. The van der Waals surface area contributed by atoms with Crippen LogP contribution in [0.15, 0.2) is 24.3 Å². The van der Waals surface area contributed by atoms with Crippen LogP contribution in [-0.4, -0.2) is 16.5 Å². The first kappa shape index (κ1) is 13.8. The van der Waals surface area contributed by atoms with Crippen LogP contribution in [0.5, 0.6) is 0 Å². The molecule has 0 aliphatic carbocycles. The molecule has 2 aromatic rings. The van der Waals surface area contributed by atoms with E-state index in [9.17, 15) is 0 Å². The molecule has 102 valence electrons. The Kier molecular flexibility index (Phi) is 3.74. The molecule has 0 spiro atoms. The molecule has 2 rings (SSSR count). The van der Waals surface area contributed by atoms with Crippen molar-refractivity contribution in [1.82, 2.24) is 9.97 Å². The number of hydrogen-bond donors (Lipinski definition) is 1. The summed E-state index contributed by atoms with van der Waals surface area (Å²) < 4.78 is 0. The lowest BCUT2D eigenvalue weighted by Crippen LogP contribution is -2.29. The molecule has 0 radical (unpaired) electrons. The van der Waals surface area contributed by atoms with Crippen molar-refractivity contribution in [3.8, 4) is 0 Å². The molecule has 0 aliphatic heterocycles. The van der Waals surface area contributed by atoms with Crippen LogP contribution in [-0.2, 0) is 0 Å². The highest BCUT2D eigenvalue weighted by Gasteiger charge is 2.22. The van der Waals surface area contributed by atoms with Gasteiger partial charge in [-0.15, -0.1) is 0 Å². The summed E-state index contributed by atoms with van der Waals surface area (Å²) in [5, 5.41) is 3.45. The van der Waals surface area contributed by atoms with E-state index in [1.165, 1.54) is 0 Å². The topological polar surface area (TPSA) is 37.8 Å². The van der Waals surface area contributed by atoms with Crippen molar-refractivity contribution < 1.29 is 0 Å². The van der Waals surface area contributed by atoms with E-state index in [4.69, 9.17) is 0 Å². The molecule has 0 fully saturated rings. The lowest BCUT2D eigenvalue weighted by Gasteiger charge is -2.29. The average Bonchev–Trinajstić information content (AvgIpc) is 2.36. The van der Waals surface area contributed by atoms with Crippen molar-refractivity contribution in [2.45, 2.75) is 34.6 Å². The molecule has 1 aromatic carbocycles. The third-order valence-corrected chi connectivity index (χ3v) is 4.02. The molecule has 0 saturated carbocycles. The zero-order chi connectivity index (χ0) is 14.0. The summed E-state index contributed by atoms with van der Waals surface area (Å²) in [5.74, 6) is 1.51. The maximum Gasteiger partial charge on any atom is 0.148 e. The molecule has 0 atom stereocenters. The first-order valence-electron chi connectivity index (χ1n) is 6.87. The average molecular weight is 257 g/mol. The minimum absolute atomic E-state index is 0.236. The summed E-state index contributed by atoms with van der Waals surface area (Å²) >= 11 is 0. The Bertz CT molecular complexity index is 573. The van der Waals surface area contributed by atoms with Crippen molar-refractivity contribution in [3.63, 3.8) is 0 Å². The van der Waals surface area contributed by atoms with Crippen molar-refractivity contribution in [3.05, 3.63) is 30.0 Å². The zero-order valence-electron chi connectivity index (χ0n) is 12.5. The number of nitrogens with zero attached hydrogens (tertiary/aromatic N) is 2. The fraction of sp³-hybridized carbons (Fsp3) is 0.500. The van der Waals surface area contributed by atoms with Gasteiger partial charge < -0.3 is 5.32 Å². The van der Waals surface area contributed by atoms with E-state index in [2.05, 4.69) is 43.0 Å². The first-order chi connectivity index (χ1) is 8.90. The summed E-state index contributed by atoms with van der Waals surface area (Å²) in [6.07, 6.45) is 0. The van der Waals surface area contributed by atoms with E-state index < -0.39 is 0 Å². The van der Waals surface area contributed by atoms with Gasteiger partial charge >= 0.3 is 0 Å². The number of para-hydroxylation sites is 2. The number of nitrogens with one attached hydrogen (secondary N) is 1. The number of anilines is 1. The van der Waals surface area contributed by atoms with Gasteiger partial charge in [-0.05, 0) is 30.4 Å². The molecule has 1 heterocycles. The largest absolute Gasteiger partial charge is 0.368 e. The van der Waals surface area contributed by atoms with Crippen LogP contribution >= 0.6 is 0 Å². The number of rotatable bonds is 4. The summed E-state index contributed by atoms with van der Waals surface area (Å²) in [6.45, 7) is 12.0. The van der Waals surface area contributed by atoms with E-state index >= 15 is 0 Å². The second kappa shape index (κ2) is 5.16. The van der Waals surface area contributed by atoms with Crippen LogP contribution < -0.4 is 5.32 Å². The SMILES string of the molecule is Cc1nc2ccccc2nc1NCC(C)(C)C(C)C. The van der Waals surface area contributed by atoms with Gasteiger partial charge in [0.05, 0.1) is 16.7 Å². The normalized spacial score (nSPS) is 12.1. The third-order valence-electron chi connectivity index (χ3n) is 4.02. The lowest BCUT2D eigenvalue weighted by atomic mass is 9.81. The van der Waals surface area contributed by atoms with E-state index in [1.54, 1.807) is 0 Å². The Labute approximate surface area is 115 Å². The highest BCUT2D eigenvalue weighted by molar-refractivity contribution is 5.76. The van der Waals surface area contributed by atoms with Crippen molar-refractivity contribution >= 4 is 16.9 Å². The second-order valence-electron chi connectivity index (χ2n) is 6.14. The quantitative estimate of drug-likeness (QED) is 0.898. The molecular formula is C16H23N3. The van der Waals surface area contributed by atoms with Gasteiger partial charge in [-0.3, -0.25) is 0 Å². The van der Waals surface area contributed by atoms with E-state index in [0.29, 0.717) is 5.92 Å². The molecule has 0 unspecified atom stereocenters. The highest BCUT2D eigenvalue weighted by Crippen LogP contribution is 2.26. The van der Waals surface area contributed by atoms with Crippen LogP contribution in [0.2, 0.25) is 0 Å². The minimum atomic E-state index is 0.236. The maximum absolute atomic E-state index is 4.66. The minimum Gasteiger partial charge on any atom is -0.368 e. The van der Waals surface area contributed by atoms with Gasteiger partial charge in [0, 0.05) is 6.54 Å². The van der Waals surface area contributed by atoms with Crippen molar-refractivity contribution in [1.29, 1.82) is 0 Å². The number of aryl methyl sites for hydroxylation is 1. The molecule has 3 heteroatoms. The predicted octanol–water partition coefficient (Wildman–Crippen LogP) is 4.03.